The standard InChI is InChI=1S/C9H13NO3/c1-2-13-9(12)7-3-4-8(6-11)10-5-7/h3-5,8,10-11H,2,6H2,1H3. The molecule has 0 aromatic heterocycles. The van der Waals surface area contributed by atoms with E-state index < -0.39 is 0 Å². The van der Waals surface area contributed by atoms with Crippen molar-refractivity contribution >= 4 is 5.97 Å². The Labute approximate surface area is 76.9 Å². The minimum atomic E-state index is -0.345. The van der Waals surface area contributed by atoms with Gasteiger partial charge in [0.1, 0.15) is 0 Å². The predicted molar refractivity (Wildman–Crippen MR) is 47.9 cm³/mol. The highest BCUT2D eigenvalue weighted by molar-refractivity contribution is 5.91. The van der Waals surface area contributed by atoms with Crippen LogP contribution in [0.5, 0.6) is 0 Å². The lowest BCUT2D eigenvalue weighted by molar-refractivity contribution is -0.138. The minimum absolute atomic E-state index is 0.0170. The molecule has 0 radical (unpaired) electrons. The second-order valence-corrected chi connectivity index (χ2v) is 2.64. The zero-order valence-corrected chi connectivity index (χ0v) is 7.49. The Morgan fingerprint density at radius 3 is 3.00 bits per heavy atom. The lowest BCUT2D eigenvalue weighted by Crippen LogP contribution is -2.29. The molecule has 0 fully saturated rings. The van der Waals surface area contributed by atoms with Crippen molar-refractivity contribution in [3.8, 4) is 0 Å². The first-order valence-corrected chi connectivity index (χ1v) is 4.20. The van der Waals surface area contributed by atoms with Crippen LogP contribution >= 0.6 is 0 Å². The molecule has 1 heterocycles. The summed E-state index contributed by atoms with van der Waals surface area (Å²) in [5.41, 5.74) is 0.478. The molecule has 0 spiro atoms. The smallest absolute Gasteiger partial charge is 0.339 e. The number of hydrogen-bond donors (Lipinski definition) is 2. The molecule has 0 saturated carbocycles. The molecule has 0 aliphatic carbocycles. The highest BCUT2D eigenvalue weighted by Crippen LogP contribution is 2.05. The molecule has 1 atom stereocenters. The third-order valence-corrected chi connectivity index (χ3v) is 1.67. The summed E-state index contributed by atoms with van der Waals surface area (Å²) in [6.45, 7) is 2.14. The SMILES string of the molecule is CCOC(=O)C1=CNC(CO)C=C1. The highest BCUT2D eigenvalue weighted by Gasteiger charge is 2.12. The molecule has 1 rings (SSSR count). The van der Waals surface area contributed by atoms with Gasteiger partial charge in [0, 0.05) is 6.20 Å². The Bertz CT molecular complexity index is 245. The third kappa shape index (κ3) is 2.59. The normalized spacial score (nSPS) is 20.5. The molecule has 1 aliphatic heterocycles. The zero-order chi connectivity index (χ0) is 9.68. The van der Waals surface area contributed by atoms with Gasteiger partial charge in [-0.25, -0.2) is 4.79 Å². The molecular weight excluding hydrogens is 170 g/mol. The van der Waals surface area contributed by atoms with Gasteiger partial charge < -0.3 is 15.2 Å². The van der Waals surface area contributed by atoms with Crippen molar-refractivity contribution in [1.29, 1.82) is 0 Å². The summed E-state index contributed by atoms with van der Waals surface area (Å²) in [5.74, 6) is -0.345. The zero-order valence-electron chi connectivity index (χ0n) is 7.49. The fourth-order valence-electron chi connectivity index (χ4n) is 0.975. The molecule has 0 amide bonds. The van der Waals surface area contributed by atoms with Crippen molar-refractivity contribution in [2.75, 3.05) is 13.2 Å². The molecule has 0 saturated heterocycles. The molecule has 0 bridgehead atoms. The molecule has 1 unspecified atom stereocenters. The van der Waals surface area contributed by atoms with Crippen LogP contribution in [0.25, 0.3) is 0 Å². The lowest BCUT2D eigenvalue weighted by atomic mass is 10.1. The monoisotopic (exact) mass is 183 g/mol. The second-order valence-electron chi connectivity index (χ2n) is 2.64. The summed E-state index contributed by atoms with van der Waals surface area (Å²) in [6.07, 6.45) is 4.93. The number of ether oxygens (including phenoxy) is 1. The molecule has 72 valence electrons. The van der Waals surface area contributed by atoms with E-state index in [2.05, 4.69) is 5.32 Å². The number of aliphatic hydroxyl groups excluding tert-OH is 1. The van der Waals surface area contributed by atoms with Crippen molar-refractivity contribution in [2.24, 2.45) is 0 Å². The summed E-state index contributed by atoms with van der Waals surface area (Å²) < 4.78 is 4.79. The molecule has 0 aromatic carbocycles. The predicted octanol–water partition coefficient (Wildman–Crippen LogP) is -0.0463. The van der Waals surface area contributed by atoms with E-state index in [0.29, 0.717) is 12.2 Å². The fourth-order valence-corrected chi connectivity index (χ4v) is 0.975. The Kier molecular flexibility index (Phi) is 3.52. The third-order valence-electron chi connectivity index (χ3n) is 1.67. The van der Waals surface area contributed by atoms with Crippen LogP contribution in [0.4, 0.5) is 0 Å². The summed E-state index contributed by atoms with van der Waals surface area (Å²) in [7, 11) is 0. The van der Waals surface area contributed by atoms with Gasteiger partial charge in [-0.05, 0) is 13.0 Å². The Morgan fingerprint density at radius 1 is 1.77 bits per heavy atom. The summed E-state index contributed by atoms with van der Waals surface area (Å²) in [6, 6.07) is -0.0989. The van der Waals surface area contributed by atoms with Crippen LogP contribution in [0.2, 0.25) is 0 Å². The molecule has 1 aliphatic rings. The van der Waals surface area contributed by atoms with E-state index in [0.717, 1.165) is 0 Å². The maximum Gasteiger partial charge on any atom is 0.339 e. The first kappa shape index (κ1) is 9.80. The van der Waals surface area contributed by atoms with Gasteiger partial charge in [-0.15, -0.1) is 0 Å². The van der Waals surface area contributed by atoms with Crippen molar-refractivity contribution in [1.82, 2.24) is 5.32 Å². The summed E-state index contributed by atoms with van der Waals surface area (Å²) in [5, 5.41) is 11.6. The van der Waals surface area contributed by atoms with Crippen molar-refractivity contribution in [3.63, 3.8) is 0 Å². The number of dihydropyridines is 1. The molecule has 4 heteroatoms. The Balaban J connectivity index is 2.51. The average molecular weight is 183 g/mol. The van der Waals surface area contributed by atoms with E-state index >= 15 is 0 Å². The number of carbonyl (C=O) groups excluding carboxylic acids is 1. The van der Waals surface area contributed by atoms with Crippen LogP contribution < -0.4 is 5.32 Å². The van der Waals surface area contributed by atoms with Crippen molar-refractivity contribution in [3.05, 3.63) is 23.9 Å². The van der Waals surface area contributed by atoms with Gasteiger partial charge in [0.25, 0.3) is 0 Å². The van der Waals surface area contributed by atoms with E-state index in [-0.39, 0.29) is 18.6 Å². The first-order chi connectivity index (χ1) is 6.27. The van der Waals surface area contributed by atoms with Crippen LogP contribution in [0, 0.1) is 0 Å². The number of esters is 1. The number of aliphatic hydroxyl groups is 1. The number of rotatable bonds is 3. The van der Waals surface area contributed by atoms with Crippen LogP contribution in [0.15, 0.2) is 23.9 Å². The highest BCUT2D eigenvalue weighted by atomic mass is 16.5. The van der Waals surface area contributed by atoms with E-state index in [4.69, 9.17) is 9.84 Å². The molecule has 4 nitrogen and oxygen atoms in total. The maximum absolute atomic E-state index is 11.1. The van der Waals surface area contributed by atoms with Crippen LogP contribution in [0.3, 0.4) is 0 Å². The van der Waals surface area contributed by atoms with E-state index in [1.54, 1.807) is 25.3 Å². The van der Waals surface area contributed by atoms with Crippen molar-refractivity contribution < 1.29 is 14.6 Å². The summed E-state index contributed by atoms with van der Waals surface area (Å²) in [4.78, 5) is 11.1. The van der Waals surface area contributed by atoms with E-state index in [1.807, 2.05) is 0 Å². The van der Waals surface area contributed by atoms with E-state index in [1.165, 1.54) is 0 Å². The summed E-state index contributed by atoms with van der Waals surface area (Å²) >= 11 is 0. The Hall–Kier alpha value is -1.29. The van der Waals surface area contributed by atoms with Gasteiger partial charge in [-0.2, -0.15) is 0 Å². The van der Waals surface area contributed by atoms with Gasteiger partial charge in [0.2, 0.25) is 0 Å². The second kappa shape index (κ2) is 4.67. The quantitative estimate of drug-likeness (QED) is 0.602. The van der Waals surface area contributed by atoms with Gasteiger partial charge in [-0.3, -0.25) is 0 Å². The van der Waals surface area contributed by atoms with Gasteiger partial charge in [0.05, 0.1) is 24.8 Å². The largest absolute Gasteiger partial charge is 0.462 e. The fraction of sp³-hybridized carbons (Fsp3) is 0.444. The lowest BCUT2D eigenvalue weighted by Gasteiger charge is -2.15. The molecule has 13 heavy (non-hydrogen) atoms. The van der Waals surface area contributed by atoms with E-state index in [9.17, 15) is 4.79 Å². The van der Waals surface area contributed by atoms with Crippen molar-refractivity contribution in [2.45, 2.75) is 13.0 Å². The maximum atomic E-state index is 11.1. The van der Waals surface area contributed by atoms with Gasteiger partial charge in [-0.1, -0.05) is 6.08 Å². The van der Waals surface area contributed by atoms with Crippen LogP contribution in [0.1, 0.15) is 6.92 Å². The minimum Gasteiger partial charge on any atom is -0.462 e. The number of carbonyl (C=O) groups is 1. The molecule has 0 aromatic rings. The number of hydrogen-bond acceptors (Lipinski definition) is 4. The number of nitrogens with one attached hydrogen (secondary N) is 1. The van der Waals surface area contributed by atoms with Crippen LogP contribution in [-0.2, 0) is 9.53 Å². The average Bonchev–Trinajstić information content (AvgIpc) is 2.18. The molecular formula is C9H13NO3. The first-order valence-electron chi connectivity index (χ1n) is 4.20. The molecule has 2 N–H and O–H groups in total. The Morgan fingerprint density at radius 2 is 2.54 bits per heavy atom. The van der Waals surface area contributed by atoms with Gasteiger partial charge in [0.15, 0.2) is 0 Å². The topological polar surface area (TPSA) is 58.6 Å². The van der Waals surface area contributed by atoms with Crippen LogP contribution in [-0.4, -0.2) is 30.3 Å². The van der Waals surface area contributed by atoms with Gasteiger partial charge >= 0.3 is 5.97 Å².